The van der Waals surface area contributed by atoms with E-state index in [9.17, 15) is 14.4 Å². The van der Waals surface area contributed by atoms with Gasteiger partial charge in [-0.05, 0) is 61.4 Å². The van der Waals surface area contributed by atoms with Crippen LogP contribution >= 0.6 is 0 Å². The van der Waals surface area contributed by atoms with Crippen LogP contribution in [0, 0.1) is 5.92 Å². The summed E-state index contributed by atoms with van der Waals surface area (Å²) in [5.74, 6) is -0.898. The van der Waals surface area contributed by atoms with Crippen LogP contribution in [-0.4, -0.2) is 35.8 Å². The number of primary amides is 1. The summed E-state index contributed by atoms with van der Waals surface area (Å²) < 4.78 is 0. The summed E-state index contributed by atoms with van der Waals surface area (Å²) in [5.41, 5.74) is 9.32. The molecule has 4 amide bonds. The van der Waals surface area contributed by atoms with Gasteiger partial charge in [0.15, 0.2) is 0 Å². The summed E-state index contributed by atoms with van der Waals surface area (Å²) in [6, 6.07) is 26.3. The maximum Gasteiger partial charge on any atom is 0.324 e. The second kappa shape index (κ2) is 13.8. The lowest BCUT2D eigenvalue weighted by Gasteiger charge is -2.32. The van der Waals surface area contributed by atoms with E-state index in [0.717, 1.165) is 42.5 Å². The Bertz CT molecular complexity index is 1260. The number of carbonyl (C=O) groups is 3. The van der Waals surface area contributed by atoms with Crippen LogP contribution in [0.4, 0.5) is 10.5 Å². The van der Waals surface area contributed by atoms with Crippen LogP contribution in [0.15, 0.2) is 84.9 Å². The van der Waals surface area contributed by atoms with E-state index < -0.39 is 11.9 Å². The molecule has 3 aromatic rings. The summed E-state index contributed by atoms with van der Waals surface area (Å²) in [7, 11) is 0. The third-order valence-electron chi connectivity index (χ3n) is 7.89. The van der Waals surface area contributed by atoms with Gasteiger partial charge >= 0.3 is 6.03 Å². The van der Waals surface area contributed by atoms with Crippen molar-refractivity contribution in [2.75, 3.05) is 18.0 Å². The van der Waals surface area contributed by atoms with Gasteiger partial charge in [0.2, 0.25) is 11.8 Å². The molecule has 0 bridgehead atoms. The Kier molecular flexibility index (Phi) is 9.95. The quantitative estimate of drug-likeness (QED) is 0.342. The normalized spacial score (nSPS) is 17.4. The van der Waals surface area contributed by atoms with Crippen molar-refractivity contribution in [3.05, 3.63) is 102 Å². The van der Waals surface area contributed by atoms with E-state index in [2.05, 4.69) is 29.6 Å². The molecule has 210 valence electrons. The van der Waals surface area contributed by atoms with Crippen molar-refractivity contribution < 1.29 is 14.4 Å². The lowest BCUT2D eigenvalue weighted by Crippen LogP contribution is -2.43. The number of nitrogens with zero attached hydrogens (tertiary/aromatic N) is 2. The Labute approximate surface area is 237 Å². The Balaban J connectivity index is 1.51. The molecule has 0 heterocycles. The number of carbonyl (C=O) groups excluding carboxylic acids is 3. The molecule has 0 aliphatic heterocycles. The molecule has 7 nitrogen and oxygen atoms in total. The first-order chi connectivity index (χ1) is 19.4. The van der Waals surface area contributed by atoms with Crippen LogP contribution in [0.25, 0.3) is 0 Å². The number of urea groups is 1. The van der Waals surface area contributed by atoms with Crippen LogP contribution in [0.3, 0.4) is 0 Å². The summed E-state index contributed by atoms with van der Waals surface area (Å²) in [6.07, 6.45) is 3.69. The molecular formula is C33H40N4O3. The van der Waals surface area contributed by atoms with Gasteiger partial charge in [0.1, 0.15) is 6.04 Å². The fraction of sp³-hybridized carbons (Fsp3) is 0.364. The number of hydrogen-bond donors (Lipinski definition) is 2. The van der Waals surface area contributed by atoms with Crippen molar-refractivity contribution in [2.45, 2.75) is 58.0 Å². The molecule has 0 spiro atoms. The van der Waals surface area contributed by atoms with Crippen molar-refractivity contribution in [1.82, 2.24) is 10.2 Å². The minimum atomic E-state index is -0.856. The standard InChI is InChI=1S/C33H40N4O3/c1-3-36(4-2)33(40)37(27-15-9-6-10-16-27)23-24-19-21-25(22-20-24)28-17-11-12-18-29(28)32(39)35-30(31(34)38)26-13-7-5-8-14-26/h5-10,13-16,19-22,28-30H,3-4,11-12,17-18,23H2,1-2H3,(H2,34,38)(H,35,39)/t28-,29+,30-/m0/s1. The second-order valence-electron chi connectivity index (χ2n) is 10.4. The molecule has 3 atom stereocenters. The summed E-state index contributed by atoms with van der Waals surface area (Å²) >= 11 is 0. The average Bonchev–Trinajstić information content (AvgIpc) is 3.00. The molecular weight excluding hydrogens is 500 g/mol. The van der Waals surface area contributed by atoms with E-state index >= 15 is 0 Å². The van der Waals surface area contributed by atoms with Crippen molar-refractivity contribution in [2.24, 2.45) is 11.7 Å². The zero-order valence-corrected chi connectivity index (χ0v) is 23.5. The Morgan fingerprint density at radius 3 is 2.05 bits per heavy atom. The largest absolute Gasteiger partial charge is 0.368 e. The first-order valence-corrected chi connectivity index (χ1v) is 14.3. The Morgan fingerprint density at radius 1 is 0.850 bits per heavy atom. The maximum absolute atomic E-state index is 13.5. The monoisotopic (exact) mass is 540 g/mol. The fourth-order valence-corrected chi connectivity index (χ4v) is 5.65. The lowest BCUT2D eigenvalue weighted by atomic mass is 9.74. The van der Waals surface area contributed by atoms with Crippen molar-refractivity contribution in [1.29, 1.82) is 0 Å². The highest BCUT2D eigenvalue weighted by molar-refractivity contribution is 5.92. The van der Waals surface area contributed by atoms with Gasteiger partial charge in [-0.15, -0.1) is 0 Å². The molecule has 1 aliphatic rings. The highest BCUT2D eigenvalue weighted by atomic mass is 16.2. The van der Waals surface area contributed by atoms with Gasteiger partial charge in [-0.2, -0.15) is 0 Å². The maximum atomic E-state index is 13.5. The molecule has 3 N–H and O–H groups in total. The van der Waals surface area contributed by atoms with Crippen LogP contribution in [0.1, 0.15) is 68.2 Å². The zero-order valence-electron chi connectivity index (χ0n) is 23.5. The highest BCUT2D eigenvalue weighted by Crippen LogP contribution is 2.38. The van der Waals surface area contributed by atoms with E-state index in [1.54, 1.807) is 12.1 Å². The van der Waals surface area contributed by atoms with Crippen molar-refractivity contribution >= 4 is 23.5 Å². The third kappa shape index (κ3) is 6.89. The topological polar surface area (TPSA) is 95.7 Å². The SMILES string of the molecule is CCN(CC)C(=O)N(Cc1ccc([C@@H]2CCCC[C@H]2C(=O)N[C@H](C(N)=O)c2ccccc2)cc1)c1ccccc1. The molecule has 1 aliphatic carbocycles. The average molecular weight is 541 g/mol. The molecule has 3 aromatic carbocycles. The number of anilines is 1. The zero-order chi connectivity index (χ0) is 28.5. The van der Waals surface area contributed by atoms with Crippen LogP contribution in [0.2, 0.25) is 0 Å². The third-order valence-corrected chi connectivity index (χ3v) is 7.89. The first-order valence-electron chi connectivity index (χ1n) is 14.3. The summed E-state index contributed by atoms with van der Waals surface area (Å²) in [6.45, 7) is 5.71. The molecule has 0 aromatic heterocycles. The number of amides is 4. The van der Waals surface area contributed by atoms with Gasteiger partial charge in [-0.25, -0.2) is 4.79 Å². The van der Waals surface area contributed by atoms with E-state index in [0.29, 0.717) is 25.2 Å². The molecule has 7 heteroatoms. The van der Waals surface area contributed by atoms with Gasteiger partial charge in [0.05, 0.1) is 6.54 Å². The number of nitrogens with two attached hydrogens (primary N) is 1. The number of hydrogen-bond acceptors (Lipinski definition) is 3. The second-order valence-corrected chi connectivity index (χ2v) is 10.4. The van der Waals surface area contributed by atoms with Gasteiger partial charge in [-0.3, -0.25) is 14.5 Å². The van der Waals surface area contributed by atoms with Gasteiger partial charge in [0, 0.05) is 24.7 Å². The number of benzene rings is 3. The number of para-hydroxylation sites is 1. The van der Waals surface area contributed by atoms with Gasteiger partial charge in [0.25, 0.3) is 0 Å². The predicted octanol–water partition coefficient (Wildman–Crippen LogP) is 5.77. The fourth-order valence-electron chi connectivity index (χ4n) is 5.65. The van der Waals surface area contributed by atoms with E-state index in [4.69, 9.17) is 5.73 Å². The van der Waals surface area contributed by atoms with Crippen molar-refractivity contribution in [3.8, 4) is 0 Å². The van der Waals surface area contributed by atoms with Crippen LogP contribution in [-0.2, 0) is 16.1 Å². The predicted molar refractivity (Wildman–Crippen MR) is 159 cm³/mol. The Hall–Kier alpha value is -4.13. The van der Waals surface area contributed by atoms with Gasteiger partial charge in [-0.1, -0.05) is 85.6 Å². The highest BCUT2D eigenvalue weighted by Gasteiger charge is 2.34. The smallest absolute Gasteiger partial charge is 0.324 e. The molecule has 0 unspecified atom stereocenters. The minimum Gasteiger partial charge on any atom is -0.368 e. The minimum absolute atomic E-state index is 0.0216. The van der Waals surface area contributed by atoms with Crippen LogP contribution in [0.5, 0.6) is 0 Å². The van der Waals surface area contributed by atoms with E-state index in [-0.39, 0.29) is 23.8 Å². The Morgan fingerprint density at radius 2 is 1.45 bits per heavy atom. The lowest BCUT2D eigenvalue weighted by molar-refractivity contribution is -0.131. The van der Waals surface area contributed by atoms with Crippen molar-refractivity contribution in [3.63, 3.8) is 0 Å². The van der Waals surface area contributed by atoms with E-state index in [1.165, 1.54) is 0 Å². The number of nitrogens with one attached hydrogen (secondary N) is 1. The molecule has 0 saturated heterocycles. The summed E-state index contributed by atoms with van der Waals surface area (Å²) in [4.78, 5) is 42.7. The van der Waals surface area contributed by atoms with Gasteiger partial charge < -0.3 is 16.0 Å². The molecule has 4 rings (SSSR count). The van der Waals surface area contributed by atoms with Crippen LogP contribution < -0.4 is 16.0 Å². The summed E-state index contributed by atoms with van der Waals surface area (Å²) in [5, 5.41) is 2.93. The molecule has 1 fully saturated rings. The molecule has 1 saturated carbocycles. The first kappa shape index (κ1) is 28.9. The van der Waals surface area contributed by atoms with E-state index in [1.807, 2.05) is 72.2 Å². The number of rotatable bonds is 10. The molecule has 40 heavy (non-hydrogen) atoms. The molecule has 0 radical (unpaired) electrons.